The van der Waals surface area contributed by atoms with Crippen LogP contribution in [0.5, 0.6) is 0 Å². The molecule has 0 aliphatic heterocycles. The van der Waals surface area contributed by atoms with Crippen molar-refractivity contribution in [1.82, 2.24) is 9.78 Å². The highest BCUT2D eigenvalue weighted by atomic mass is 35.5. The van der Waals surface area contributed by atoms with Crippen LogP contribution >= 0.6 is 34.8 Å². The summed E-state index contributed by atoms with van der Waals surface area (Å²) in [6, 6.07) is 5.28. The second-order valence-electron chi connectivity index (χ2n) is 3.27. The molecule has 2 N–H and O–H groups in total. The third kappa shape index (κ3) is 2.26. The van der Waals surface area contributed by atoms with Crippen molar-refractivity contribution in [3.8, 4) is 0 Å². The summed E-state index contributed by atoms with van der Waals surface area (Å²) in [6.45, 7) is 0.467. The third-order valence-corrected chi connectivity index (χ3v) is 3.05. The molecule has 0 bridgehead atoms. The molecule has 0 saturated carbocycles. The summed E-state index contributed by atoms with van der Waals surface area (Å²) in [6.07, 6.45) is 1.50. The maximum absolute atomic E-state index is 6.04. The lowest BCUT2D eigenvalue weighted by molar-refractivity contribution is 0.697. The molecular formula is C10H8Cl3N3. The van der Waals surface area contributed by atoms with Crippen molar-refractivity contribution < 1.29 is 0 Å². The van der Waals surface area contributed by atoms with Crippen molar-refractivity contribution >= 4 is 40.6 Å². The molecule has 0 fully saturated rings. The molecule has 1 heterocycles. The lowest BCUT2D eigenvalue weighted by atomic mass is 10.2. The van der Waals surface area contributed by atoms with E-state index in [1.807, 2.05) is 6.07 Å². The SMILES string of the molecule is Nc1c(Cl)cnn1Cc1ccc(Cl)cc1Cl. The first-order chi connectivity index (χ1) is 7.58. The fraction of sp³-hybridized carbons (Fsp3) is 0.100. The summed E-state index contributed by atoms with van der Waals surface area (Å²) in [4.78, 5) is 0. The van der Waals surface area contributed by atoms with Gasteiger partial charge in [0.1, 0.15) is 10.8 Å². The molecule has 2 aromatic rings. The fourth-order valence-corrected chi connectivity index (χ4v) is 1.92. The lowest BCUT2D eigenvalue weighted by Gasteiger charge is -2.06. The lowest BCUT2D eigenvalue weighted by Crippen LogP contribution is -2.06. The zero-order chi connectivity index (χ0) is 11.7. The number of rotatable bonds is 2. The molecule has 0 unspecified atom stereocenters. The zero-order valence-electron chi connectivity index (χ0n) is 8.12. The first-order valence-corrected chi connectivity index (χ1v) is 5.62. The minimum Gasteiger partial charge on any atom is -0.383 e. The first-order valence-electron chi connectivity index (χ1n) is 4.48. The Labute approximate surface area is 108 Å². The smallest absolute Gasteiger partial charge is 0.140 e. The van der Waals surface area contributed by atoms with E-state index in [9.17, 15) is 0 Å². The van der Waals surface area contributed by atoms with E-state index in [0.29, 0.717) is 27.4 Å². The molecule has 0 radical (unpaired) electrons. The maximum Gasteiger partial charge on any atom is 0.140 e. The number of nitrogen functional groups attached to an aromatic ring is 1. The van der Waals surface area contributed by atoms with Crippen LogP contribution in [-0.2, 0) is 6.54 Å². The van der Waals surface area contributed by atoms with Crippen molar-refractivity contribution in [2.75, 3.05) is 5.73 Å². The normalized spacial score (nSPS) is 10.7. The Morgan fingerprint density at radius 2 is 1.94 bits per heavy atom. The number of nitrogens with zero attached hydrogens (tertiary/aromatic N) is 2. The largest absolute Gasteiger partial charge is 0.383 e. The summed E-state index contributed by atoms with van der Waals surface area (Å²) >= 11 is 17.6. The van der Waals surface area contributed by atoms with E-state index < -0.39 is 0 Å². The molecule has 0 saturated heterocycles. The standard InChI is InChI=1S/C10H8Cl3N3/c11-7-2-1-6(8(12)3-7)5-16-10(14)9(13)4-15-16/h1-4H,5,14H2. The number of halogens is 3. The molecule has 0 aliphatic rings. The van der Waals surface area contributed by atoms with Crippen molar-refractivity contribution in [2.45, 2.75) is 6.54 Å². The van der Waals surface area contributed by atoms with Gasteiger partial charge in [-0.2, -0.15) is 5.10 Å². The summed E-state index contributed by atoms with van der Waals surface area (Å²) < 4.78 is 1.58. The monoisotopic (exact) mass is 275 g/mol. The highest BCUT2D eigenvalue weighted by Crippen LogP contribution is 2.24. The van der Waals surface area contributed by atoms with E-state index in [1.54, 1.807) is 16.8 Å². The highest BCUT2D eigenvalue weighted by molar-refractivity contribution is 6.35. The van der Waals surface area contributed by atoms with Crippen LogP contribution in [-0.4, -0.2) is 9.78 Å². The number of nitrogens with two attached hydrogens (primary N) is 1. The maximum atomic E-state index is 6.04. The second-order valence-corrected chi connectivity index (χ2v) is 4.52. The Hall–Kier alpha value is -0.900. The van der Waals surface area contributed by atoms with E-state index in [4.69, 9.17) is 40.5 Å². The third-order valence-electron chi connectivity index (χ3n) is 2.17. The fourth-order valence-electron chi connectivity index (χ4n) is 1.31. The predicted molar refractivity (Wildman–Crippen MR) is 67.2 cm³/mol. The van der Waals surface area contributed by atoms with E-state index in [-0.39, 0.29) is 0 Å². The predicted octanol–water partition coefficient (Wildman–Crippen LogP) is 3.47. The van der Waals surface area contributed by atoms with Crippen LogP contribution in [0.3, 0.4) is 0 Å². The van der Waals surface area contributed by atoms with Gasteiger partial charge >= 0.3 is 0 Å². The van der Waals surface area contributed by atoms with Gasteiger partial charge in [0, 0.05) is 10.0 Å². The van der Waals surface area contributed by atoms with Gasteiger partial charge in [0.05, 0.1) is 12.7 Å². The molecule has 84 valence electrons. The van der Waals surface area contributed by atoms with Gasteiger partial charge in [-0.3, -0.25) is 0 Å². The average Bonchev–Trinajstić information content (AvgIpc) is 2.54. The van der Waals surface area contributed by atoms with E-state index >= 15 is 0 Å². The summed E-state index contributed by atoms with van der Waals surface area (Å²) in [7, 11) is 0. The Morgan fingerprint density at radius 1 is 1.19 bits per heavy atom. The van der Waals surface area contributed by atoms with Crippen molar-refractivity contribution in [2.24, 2.45) is 0 Å². The van der Waals surface area contributed by atoms with E-state index in [2.05, 4.69) is 5.10 Å². The van der Waals surface area contributed by atoms with Gasteiger partial charge < -0.3 is 5.73 Å². The molecule has 0 amide bonds. The molecule has 0 aliphatic carbocycles. The van der Waals surface area contributed by atoms with Crippen LogP contribution in [0.4, 0.5) is 5.82 Å². The summed E-state index contributed by atoms with van der Waals surface area (Å²) in [5, 5.41) is 5.66. The summed E-state index contributed by atoms with van der Waals surface area (Å²) in [5.41, 5.74) is 6.62. The number of benzene rings is 1. The molecule has 0 spiro atoms. The number of hydrogen-bond donors (Lipinski definition) is 1. The molecule has 3 nitrogen and oxygen atoms in total. The van der Waals surface area contributed by atoms with Gasteiger partial charge in [0.25, 0.3) is 0 Å². The highest BCUT2D eigenvalue weighted by Gasteiger charge is 2.07. The molecular weight excluding hydrogens is 268 g/mol. The molecule has 1 aromatic carbocycles. The van der Waals surface area contributed by atoms with Gasteiger partial charge in [-0.15, -0.1) is 0 Å². The van der Waals surface area contributed by atoms with Crippen LogP contribution < -0.4 is 5.73 Å². The van der Waals surface area contributed by atoms with Crippen LogP contribution in [0.25, 0.3) is 0 Å². The van der Waals surface area contributed by atoms with E-state index in [1.165, 1.54) is 6.20 Å². The molecule has 6 heteroatoms. The van der Waals surface area contributed by atoms with Crippen LogP contribution in [0, 0.1) is 0 Å². The minimum atomic E-state index is 0.424. The minimum absolute atomic E-state index is 0.424. The molecule has 1 aromatic heterocycles. The molecule has 16 heavy (non-hydrogen) atoms. The molecule has 0 atom stereocenters. The Kier molecular flexibility index (Phi) is 3.28. The topological polar surface area (TPSA) is 43.8 Å². The summed E-state index contributed by atoms with van der Waals surface area (Å²) in [5.74, 6) is 0.424. The van der Waals surface area contributed by atoms with Gasteiger partial charge in [0.2, 0.25) is 0 Å². The van der Waals surface area contributed by atoms with Gasteiger partial charge in [-0.25, -0.2) is 4.68 Å². The number of anilines is 1. The van der Waals surface area contributed by atoms with Crippen molar-refractivity contribution in [3.63, 3.8) is 0 Å². The second kappa shape index (κ2) is 4.53. The quantitative estimate of drug-likeness (QED) is 0.912. The Bertz CT molecular complexity index is 522. The van der Waals surface area contributed by atoms with Gasteiger partial charge in [0.15, 0.2) is 0 Å². The van der Waals surface area contributed by atoms with Crippen LogP contribution in [0.1, 0.15) is 5.56 Å². The van der Waals surface area contributed by atoms with Crippen LogP contribution in [0.15, 0.2) is 24.4 Å². The van der Waals surface area contributed by atoms with Gasteiger partial charge in [-0.1, -0.05) is 40.9 Å². The van der Waals surface area contributed by atoms with Crippen molar-refractivity contribution in [3.05, 3.63) is 45.0 Å². The Morgan fingerprint density at radius 3 is 2.50 bits per heavy atom. The van der Waals surface area contributed by atoms with Crippen molar-refractivity contribution in [1.29, 1.82) is 0 Å². The van der Waals surface area contributed by atoms with Gasteiger partial charge in [-0.05, 0) is 17.7 Å². The van der Waals surface area contributed by atoms with Crippen LogP contribution in [0.2, 0.25) is 15.1 Å². The number of aromatic nitrogens is 2. The molecule has 2 rings (SSSR count). The Balaban J connectivity index is 2.30. The average molecular weight is 277 g/mol. The zero-order valence-corrected chi connectivity index (χ0v) is 10.4. The number of hydrogen-bond acceptors (Lipinski definition) is 2. The van der Waals surface area contributed by atoms with E-state index in [0.717, 1.165) is 5.56 Å². The first kappa shape index (κ1) is 11.6.